The van der Waals surface area contributed by atoms with E-state index in [1.165, 1.54) is 18.0 Å². The summed E-state index contributed by atoms with van der Waals surface area (Å²) < 4.78 is 23.6. The number of hydrogen-bond acceptors (Lipinski definition) is 5. The maximum Gasteiger partial charge on any atom is 0.230 e. The number of para-hydroxylation sites is 1. The molecule has 1 heterocycles. The van der Waals surface area contributed by atoms with Crippen molar-refractivity contribution in [3.8, 4) is 0 Å². The third kappa shape index (κ3) is 5.08. The molecule has 0 fully saturated rings. The Morgan fingerprint density at radius 2 is 1.85 bits per heavy atom. The molecule has 0 spiro atoms. The van der Waals surface area contributed by atoms with Crippen LogP contribution < -0.4 is 5.32 Å². The Morgan fingerprint density at radius 1 is 1.07 bits per heavy atom. The molecule has 3 rings (SSSR count). The van der Waals surface area contributed by atoms with Crippen molar-refractivity contribution >= 4 is 38.4 Å². The van der Waals surface area contributed by atoms with E-state index in [1.807, 2.05) is 30.3 Å². The Hall–Kier alpha value is -2.38. The minimum atomic E-state index is -3.31. The number of aromatic nitrogens is 1. The number of hydrogen-bond donors (Lipinski definition) is 1. The molecule has 0 saturated heterocycles. The summed E-state index contributed by atoms with van der Waals surface area (Å²) in [6, 6.07) is 16.7. The van der Waals surface area contributed by atoms with Gasteiger partial charge >= 0.3 is 0 Å². The summed E-state index contributed by atoms with van der Waals surface area (Å²) in [5.41, 5.74) is 2.04. The molecular weight excluding hydrogens is 380 g/mol. The minimum Gasteiger partial charge on any atom is -0.355 e. The lowest BCUT2D eigenvalue weighted by atomic mass is 10.1. The van der Waals surface area contributed by atoms with Gasteiger partial charge in [-0.25, -0.2) is 8.42 Å². The van der Waals surface area contributed by atoms with Crippen molar-refractivity contribution in [2.45, 2.75) is 16.2 Å². The van der Waals surface area contributed by atoms with Gasteiger partial charge < -0.3 is 5.32 Å². The van der Waals surface area contributed by atoms with E-state index in [9.17, 15) is 13.2 Å². The van der Waals surface area contributed by atoms with Crippen LogP contribution in [-0.2, 0) is 21.1 Å². The van der Waals surface area contributed by atoms with E-state index >= 15 is 0 Å². The zero-order chi connectivity index (χ0) is 19.3. The second-order valence-corrected chi connectivity index (χ2v) is 9.10. The molecule has 0 radical (unpaired) electrons. The van der Waals surface area contributed by atoms with Crippen LogP contribution in [0.4, 0.5) is 0 Å². The van der Waals surface area contributed by atoms with E-state index in [4.69, 9.17) is 0 Å². The van der Waals surface area contributed by atoms with Gasteiger partial charge in [-0.2, -0.15) is 0 Å². The maximum absolute atomic E-state index is 12.1. The number of pyridine rings is 1. The summed E-state index contributed by atoms with van der Waals surface area (Å²) in [4.78, 5) is 17.4. The topological polar surface area (TPSA) is 76.1 Å². The molecule has 27 heavy (non-hydrogen) atoms. The fourth-order valence-electron chi connectivity index (χ4n) is 2.78. The van der Waals surface area contributed by atoms with E-state index in [0.29, 0.717) is 17.9 Å². The van der Waals surface area contributed by atoms with Crippen molar-refractivity contribution in [1.82, 2.24) is 10.3 Å². The van der Waals surface area contributed by atoms with Crippen LogP contribution in [-0.4, -0.2) is 37.9 Å². The lowest BCUT2D eigenvalue weighted by molar-refractivity contribution is -0.118. The zero-order valence-corrected chi connectivity index (χ0v) is 16.5. The molecule has 5 nitrogen and oxygen atoms in total. The van der Waals surface area contributed by atoms with Crippen molar-refractivity contribution in [2.24, 2.45) is 0 Å². The summed E-state index contributed by atoms with van der Waals surface area (Å²) in [5.74, 6) is 0.0387. The van der Waals surface area contributed by atoms with Gasteiger partial charge in [-0.1, -0.05) is 36.4 Å². The van der Waals surface area contributed by atoms with E-state index in [-0.39, 0.29) is 16.6 Å². The van der Waals surface area contributed by atoms with Gasteiger partial charge in [0.25, 0.3) is 0 Å². The molecular formula is C20H20N2O3S2. The van der Waals surface area contributed by atoms with E-state index < -0.39 is 9.84 Å². The second-order valence-electron chi connectivity index (χ2n) is 6.10. The number of nitrogens with zero attached hydrogens (tertiary/aromatic N) is 1. The molecule has 1 amide bonds. The van der Waals surface area contributed by atoms with Gasteiger partial charge in [-0.05, 0) is 30.2 Å². The van der Waals surface area contributed by atoms with Crippen LogP contribution in [0, 0.1) is 0 Å². The number of benzene rings is 2. The molecule has 0 saturated carbocycles. The number of nitrogens with one attached hydrogen (secondary N) is 1. The van der Waals surface area contributed by atoms with Gasteiger partial charge in [0.1, 0.15) is 0 Å². The average Bonchev–Trinajstić information content (AvgIpc) is 2.66. The number of amides is 1. The van der Waals surface area contributed by atoms with Crippen LogP contribution >= 0.6 is 11.8 Å². The first-order chi connectivity index (χ1) is 12.9. The Labute approximate surface area is 163 Å². The standard InChI is InChI=1S/C20H20N2O3S2/c1-27(24,25)18-10-3-2-9-17(18)26-14-19(23)21-13-11-16-7-4-6-15-8-5-12-22-20(15)16/h2-10,12H,11,13-14H2,1H3,(H,21,23). The van der Waals surface area contributed by atoms with E-state index in [1.54, 1.807) is 30.5 Å². The molecule has 7 heteroatoms. The number of sulfone groups is 1. The molecule has 1 aromatic heterocycles. The monoisotopic (exact) mass is 400 g/mol. The Kier molecular flexibility index (Phi) is 6.13. The summed E-state index contributed by atoms with van der Waals surface area (Å²) >= 11 is 1.23. The predicted molar refractivity (Wildman–Crippen MR) is 109 cm³/mol. The van der Waals surface area contributed by atoms with Gasteiger partial charge in [-0.15, -0.1) is 11.8 Å². The number of carbonyl (C=O) groups excluding carboxylic acids is 1. The largest absolute Gasteiger partial charge is 0.355 e. The first kappa shape index (κ1) is 19.4. The molecule has 0 atom stereocenters. The van der Waals surface area contributed by atoms with Gasteiger partial charge in [0.2, 0.25) is 5.91 Å². The summed E-state index contributed by atoms with van der Waals surface area (Å²) in [6.45, 7) is 0.503. The normalized spacial score (nSPS) is 11.4. The van der Waals surface area contributed by atoms with Crippen LogP contribution in [0.25, 0.3) is 10.9 Å². The summed E-state index contributed by atoms with van der Waals surface area (Å²) in [5, 5.41) is 3.97. The highest BCUT2D eigenvalue weighted by Crippen LogP contribution is 2.26. The highest BCUT2D eigenvalue weighted by molar-refractivity contribution is 8.00. The van der Waals surface area contributed by atoms with Gasteiger partial charge in [0.15, 0.2) is 9.84 Å². The van der Waals surface area contributed by atoms with Crippen LogP contribution in [0.15, 0.2) is 70.6 Å². The second kappa shape index (κ2) is 8.54. The van der Waals surface area contributed by atoms with Gasteiger partial charge in [0.05, 0.1) is 16.2 Å². The number of thioether (sulfide) groups is 1. The van der Waals surface area contributed by atoms with Crippen LogP contribution in [0.2, 0.25) is 0 Å². The molecule has 0 aliphatic heterocycles. The van der Waals surface area contributed by atoms with Crippen molar-refractivity contribution < 1.29 is 13.2 Å². The third-order valence-corrected chi connectivity index (χ3v) is 6.40. The minimum absolute atomic E-state index is 0.128. The fourth-order valence-corrected chi connectivity index (χ4v) is 4.94. The first-order valence-electron chi connectivity index (χ1n) is 8.46. The molecule has 0 aliphatic carbocycles. The van der Waals surface area contributed by atoms with Crippen LogP contribution in [0.3, 0.4) is 0 Å². The average molecular weight is 401 g/mol. The number of rotatable bonds is 7. The SMILES string of the molecule is CS(=O)(=O)c1ccccc1SCC(=O)NCCc1cccc2cccnc12. The van der Waals surface area contributed by atoms with Gasteiger partial charge in [-0.3, -0.25) is 9.78 Å². The van der Waals surface area contributed by atoms with Crippen molar-refractivity contribution in [1.29, 1.82) is 0 Å². The molecule has 1 N–H and O–H groups in total. The lowest BCUT2D eigenvalue weighted by Gasteiger charge is -2.09. The lowest BCUT2D eigenvalue weighted by Crippen LogP contribution is -2.27. The smallest absolute Gasteiger partial charge is 0.230 e. The van der Waals surface area contributed by atoms with E-state index in [0.717, 1.165) is 16.5 Å². The molecule has 0 bridgehead atoms. The molecule has 2 aromatic carbocycles. The van der Waals surface area contributed by atoms with E-state index in [2.05, 4.69) is 10.3 Å². The zero-order valence-electron chi connectivity index (χ0n) is 14.9. The van der Waals surface area contributed by atoms with Crippen LogP contribution in [0.1, 0.15) is 5.56 Å². The first-order valence-corrected chi connectivity index (χ1v) is 11.3. The van der Waals surface area contributed by atoms with Crippen molar-refractivity contribution in [3.05, 3.63) is 66.4 Å². The highest BCUT2D eigenvalue weighted by Gasteiger charge is 2.14. The molecule has 0 aliphatic rings. The fraction of sp³-hybridized carbons (Fsp3) is 0.200. The van der Waals surface area contributed by atoms with Crippen molar-refractivity contribution in [2.75, 3.05) is 18.6 Å². The Bertz CT molecular complexity index is 1060. The van der Waals surface area contributed by atoms with Crippen LogP contribution in [0.5, 0.6) is 0 Å². The summed E-state index contributed by atoms with van der Waals surface area (Å²) in [6.07, 6.45) is 3.62. The number of fused-ring (bicyclic) bond motifs is 1. The number of carbonyl (C=O) groups is 1. The predicted octanol–water partition coefficient (Wildman–Crippen LogP) is 3.09. The Morgan fingerprint density at radius 3 is 2.67 bits per heavy atom. The quantitative estimate of drug-likeness (QED) is 0.617. The molecule has 140 valence electrons. The molecule has 0 unspecified atom stereocenters. The van der Waals surface area contributed by atoms with Gasteiger partial charge in [0, 0.05) is 29.3 Å². The molecule has 3 aromatic rings. The summed E-state index contributed by atoms with van der Waals surface area (Å²) in [7, 11) is -3.31. The highest BCUT2D eigenvalue weighted by atomic mass is 32.2. The Balaban J connectivity index is 1.55. The third-order valence-electron chi connectivity index (χ3n) is 4.04. The maximum atomic E-state index is 12.1. The van der Waals surface area contributed by atoms with Crippen molar-refractivity contribution in [3.63, 3.8) is 0 Å².